The predicted octanol–water partition coefficient (Wildman–Crippen LogP) is 2.90. The van der Waals surface area contributed by atoms with Crippen molar-refractivity contribution >= 4 is 23.0 Å². The van der Waals surface area contributed by atoms with Crippen molar-refractivity contribution in [2.75, 3.05) is 11.9 Å². The van der Waals surface area contributed by atoms with Crippen LogP contribution in [0.2, 0.25) is 0 Å². The first-order chi connectivity index (χ1) is 9.28. The minimum Gasteiger partial charge on any atom is -0.494 e. The molecule has 2 rings (SSSR count). The van der Waals surface area contributed by atoms with E-state index in [9.17, 15) is 0 Å². The lowest BCUT2D eigenvalue weighted by Gasteiger charge is -2.10. The number of aromatic nitrogens is 1. The van der Waals surface area contributed by atoms with E-state index in [0.29, 0.717) is 18.3 Å². The van der Waals surface area contributed by atoms with Gasteiger partial charge >= 0.3 is 0 Å². The quantitative estimate of drug-likeness (QED) is 0.734. The summed E-state index contributed by atoms with van der Waals surface area (Å²) in [5.74, 6) is 0.860. The first-order valence-electron chi connectivity index (χ1n) is 6.18. The van der Waals surface area contributed by atoms with Crippen molar-refractivity contribution < 1.29 is 4.74 Å². The van der Waals surface area contributed by atoms with Crippen LogP contribution in [-0.4, -0.2) is 16.7 Å². The van der Waals surface area contributed by atoms with Crippen LogP contribution in [0, 0.1) is 0 Å². The average molecular weight is 275 g/mol. The zero-order chi connectivity index (χ0) is 13.5. The van der Waals surface area contributed by atoms with Crippen LogP contribution in [0.15, 0.2) is 42.6 Å². The Kier molecular flexibility index (Phi) is 4.80. The van der Waals surface area contributed by atoms with Crippen molar-refractivity contribution in [2.24, 2.45) is 0 Å². The molecule has 2 aromatic rings. The molecule has 0 saturated carbocycles. The molecule has 1 aromatic carbocycles. The van der Waals surface area contributed by atoms with Gasteiger partial charge in [0.25, 0.3) is 0 Å². The number of rotatable bonds is 5. The third kappa shape index (κ3) is 4.30. The first-order valence-corrected chi connectivity index (χ1v) is 6.58. The molecule has 0 aliphatic heterocycles. The molecule has 0 spiro atoms. The number of anilines is 1. The average Bonchev–Trinajstić information content (AvgIpc) is 2.92. The Bertz CT molecular complexity index is 508. The molecule has 1 aromatic heterocycles. The van der Waals surface area contributed by atoms with Crippen LogP contribution in [0.25, 0.3) is 0 Å². The van der Waals surface area contributed by atoms with Gasteiger partial charge in [0.1, 0.15) is 5.75 Å². The second kappa shape index (κ2) is 6.80. The molecule has 0 radical (unpaired) electrons. The van der Waals surface area contributed by atoms with E-state index in [0.717, 1.165) is 17.1 Å². The Morgan fingerprint density at radius 1 is 1.26 bits per heavy atom. The molecule has 0 unspecified atom stereocenters. The zero-order valence-corrected chi connectivity index (χ0v) is 11.6. The summed E-state index contributed by atoms with van der Waals surface area (Å²) >= 11 is 5.23. The first kappa shape index (κ1) is 13.4. The molecular formula is C14H17N3OS. The maximum atomic E-state index is 5.38. The molecule has 0 aliphatic carbocycles. The third-order valence-corrected chi connectivity index (χ3v) is 2.77. The molecule has 0 atom stereocenters. The third-order valence-electron chi connectivity index (χ3n) is 2.52. The summed E-state index contributed by atoms with van der Waals surface area (Å²) in [5.41, 5.74) is 2.03. The van der Waals surface area contributed by atoms with Crippen LogP contribution in [-0.2, 0) is 6.54 Å². The maximum absolute atomic E-state index is 5.38. The summed E-state index contributed by atoms with van der Waals surface area (Å²) in [6, 6.07) is 11.7. The van der Waals surface area contributed by atoms with Crippen LogP contribution in [0.5, 0.6) is 5.75 Å². The molecule has 0 aliphatic rings. The Morgan fingerprint density at radius 2 is 2.05 bits per heavy atom. The Morgan fingerprint density at radius 3 is 2.68 bits per heavy atom. The van der Waals surface area contributed by atoms with Gasteiger partial charge in [-0.2, -0.15) is 0 Å². The van der Waals surface area contributed by atoms with Crippen molar-refractivity contribution in [1.29, 1.82) is 0 Å². The number of hydrogen-bond acceptors (Lipinski definition) is 2. The minimum atomic E-state index is 0.596. The predicted molar refractivity (Wildman–Crippen MR) is 81.5 cm³/mol. The number of thiocarbonyl (C=S) groups is 1. The van der Waals surface area contributed by atoms with E-state index < -0.39 is 0 Å². The molecule has 100 valence electrons. The summed E-state index contributed by atoms with van der Waals surface area (Å²) in [6.07, 6.45) is 1.89. The number of nitrogens with one attached hydrogen (secondary N) is 3. The van der Waals surface area contributed by atoms with Gasteiger partial charge < -0.3 is 20.4 Å². The largest absolute Gasteiger partial charge is 0.494 e. The molecule has 4 nitrogen and oxygen atoms in total. The molecule has 0 bridgehead atoms. The van der Waals surface area contributed by atoms with Crippen LogP contribution < -0.4 is 15.4 Å². The Labute approximate surface area is 118 Å². The fourth-order valence-electron chi connectivity index (χ4n) is 1.63. The van der Waals surface area contributed by atoms with E-state index in [-0.39, 0.29) is 0 Å². The summed E-state index contributed by atoms with van der Waals surface area (Å²) in [5, 5.41) is 6.85. The van der Waals surface area contributed by atoms with Crippen molar-refractivity contribution in [3.05, 3.63) is 48.3 Å². The van der Waals surface area contributed by atoms with Crippen molar-refractivity contribution in [3.63, 3.8) is 0 Å². The van der Waals surface area contributed by atoms with Gasteiger partial charge in [0, 0.05) is 17.6 Å². The van der Waals surface area contributed by atoms with Gasteiger partial charge in [-0.05, 0) is 55.5 Å². The lowest BCUT2D eigenvalue weighted by Crippen LogP contribution is -2.27. The SMILES string of the molecule is CCOc1ccc(NC(=S)NCc2ccc[nH]2)cc1. The van der Waals surface area contributed by atoms with Gasteiger partial charge in [0.05, 0.1) is 13.2 Å². The molecule has 3 N–H and O–H groups in total. The minimum absolute atomic E-state index is 0.596. The molecule has 5 heteroatoms. The molecule has 19 heavy (non-hydrogen) atoms. The van der Waals surface area contributed by atoms with Gasteiger partial charge in [-0.15, -0.1) is 0 Å². The zero-order valence-electron chi connectivity index (χ0n) is 10.8. The van der Waals surface area contributed by atoms with E-state index in [1.54, 1.807) is 0 Å². The van der Waals surface area contributed by atoms with E-state index in [1.807, 2.05) is 49.5 Å². The molecular weight excluding hydrogens is 258 g/mol. The van der Waals surface area contributed by atoms with E-state index >= 15 is 0 Å². The van der Waals surface area contributed by atoms with E-state index in [2.05, 4.69) is 15.6 Å². The molecule has 1 heterocycles. The number of aromatic amines is 1. The lowest BCUT2D eigenvalue weighted by molar-refractivity contribution is 0.340. The maximum Gasteiger partial charge on any atom is 0.171 e. The van der Waals surface area contributed by atoms with Crippen molar-refractivity contribution in [3.8, 4) is 5.75 Å². The molecule has 0 saturated heterocycles. The smallest absolute Gasteiger partial charge is 0.171 e. The van der Waals surface area contributed by atoms with Crippen molar-refractivity contribution in [2.45, 2.75) is 13.5 Å². The standard InChI is InChI=1S/C14H17N3OS/c1-2-18-13-7-5-11(6-8-13)17-14(19)16-10-12-4-3-9-15-12/h3-9,15H,2,10H2,1H3,(H2,16,17,19). The second-order valence-corrected chi connectivity index (χ2v) is 4.37. The summed E-state index contributed by atoms with van der Waals surface area (Å²) in [7, 11) is 0. The van der Waals surface area contributed by atoms with E-state index in [1.165, 1.54) is 0 Å². The highest BCUT2D eigenvalue weighted by Crippen LogP contribution is 2.15. The van der Waals surface area contributed by atoms with Crippen molar-refractivity contribution in [1.82, 2.24) is 10.3 Å². The highest BCUT2D eigenvalue weighted by Gasteiger charge is 1.99. The van der Waals surface area contributed by atoms with Crippen LogP contribution in [0.3, 0.4) is 0 Å². The fourth-order valence-corrected chi connectivity index (χ4v) is 1.82. The highest BCUT2D eigenvalue weighted by atomic mass is 32.1. The Hall–Kier alpha value is -2.01. The summed E-state index contributed by atoms with van der Waals surface area (Å²) in [4.78, 5) is 3.11. The van der Waals surface area contributed by atoms with Crippen LogP contribution >= 0.6 is 12.2 Å². The van der Waals surface area contributed by atoms with Gasteiger partial charge in [-0.25, -0.2) is 0 Å². The molecule has 0 fully saturated rings. The number of hydrogen-bond donors (Lipinski definition) is 3. The lowest BCUT2D eigenvalue weighted by atomic mass is 10.3. The topological polar surface area (TPSA) is 49.1 Å². The normalized spacial score (nSPS) is 9.95. The van der Waals surface area contributed by atoms with E-state index in [4.69, 9.17) is 17.0 Å². The summed E-state index contributed by atoms with van der Waals surface area (Å²) < 4.78 is 5.38. The van der Waals surface area contributed by atoms with Crippen LogP contribution in [0.4, 0.5) is 5.69 Å². The summed E-state index contributed by atoms with van der Waals surface area (Å²) in [6.45, 7) is 3.31. The Balaban J connectivity index is 1.81. The van der Waals surface area contributed by atoms with Crippen LogP contribution in [0.1, 0.15) is 12.6 Å². The fraction of sp³-hybridized carbons (Fsp3) is 0.214. The van der Waals surface area contributed by atoms with Gasteiger partial charge in [-0.3, -0.25) is 0 Å². The number of benzene rings is 1. The van der Waals surface area contributed by atoms with Gasteiger partial charge in [0.2, 0.25) is 0 Å². The number of ether oxygens (including phenoxy) is 1. The second-order valence-electron chi connectivity index (χ2n) is 3.96. The molecule has 0 amide bonds. The van der Waals surface area contributed by atoms with Gasteiger partial charge in [-0.1, -0.05) is 0 Å². The number of H-pyrrole nitrogens is 1. The van der Waals surface area contributed by atoms with Gasteiger partial charge in [0.15, 0.2) is 5.11 Å². The monoisotopic (exact) mass is 275 g/mol. The highest BCUT2D eigenvalue weighted by molar-refractivity contribution is 7.80.